The largest absolute Gasteiger partial charge is 0.496 e. The van der Waals surface area contributed by atoms with Crippen LogP contribution in [-0.2, 0) is 9.59 Å². The minimum atomic E-state index is -0.761. The molecule has 150 valence electrons. The highest BCUT2D eigenvalue weighted by Crippen LogP contribution is 2.29. The predicted molar refractivity (Wildman–Crippen MR) is 110 cm³/mol. The molecule has 9 heteroatoms. The van der Waals surface area contributed by atoms with E-state index in [0.29, 0.717) is 30.8 Å². The van der Waals surface area contributed by atoms with Gasteiger partial charge in [0.1, 0.15) is 11.8 Å². The van der Waals surface area contributed by atoms with E-state index in [0.717, 1.165) is 10.8 Å². The zero-order valence-corrected chi connectivity index (χ0v) is 15.8. The lowest BCUT2D eigenvalue weighted by Crippen LogP contribution is -2.46. The van der Waals surface area contributed by atoms with Gasteiger partial charge in [0.2, 0.25) is 11.8 Å². The maximum absolute atomic E-state index is 12.7. The van der Waals surface area contributed by atoms with Crippen LogP contribution in [-0.4, -0.2) is 44.0 Å². The molecule has 1 atom stereocenters. The molecule has 2 aromatic rings. The molecular weight excluding hydrogens is 360 g/mol. The topological polar surface area (TPSA) is 158 Å². The number of ether oxygens (including phenoxy) is 1. The Labute approximate surface area is 163 Å². The maximum Gasteiger partial charge on any atom is 0.246 e. The quantitative estimate of drug-likeness (QED) is 0.237. The Balaban J connectivity index is 2.15. The number of aliphatic imine (C=N–C) groups is 1. The number of nitrogens with one attached hydrogen (secondary N) is 2. The van der Waals surface area contributed by atoms with Crippen LogP contribution < -0.4 is 32.6 Å². The van der Waals surface area contributed by atoms with Crippen LogP contribution in [0.15, 0.2) is 41.4 Å². The number of guanidine groups is 1. The lowest BCUT2D eigenvalue weighted by molar-refractivity contribution is -0.125. The van der Waals surface area contributed by atoms with E-state index < -0.39 is 11.9 Å². The van der Waals surface area contributed by atoms with Crippen LogP contribution in [0.2, 0.25) is 0 Å². The highest BCUT2D eigenvalue weighted by atomic mass is 16.5. The highest BCUT2D eigenvalue weighted by molar-refractivity contribution is 6.00. The molecule has 2 aromatic carbocycles. The van der Waals surface area contributed by atoms with Crippen molar-refractivity contribution in [2.24, 2.45) is 22.2 Å². The van der Waals surface area contributed by atoms with Crippen LogP contribution >= 0.6 is 0 Å². The molecule has 2 amide bonds. The van der Waals surface area contributed by atoms with Crippen molar-refractivity contribution in [2.75, 3.05) is 25.5 Å². The number of rotatable bonds is 9. The van der Waals surface area contributed by atoms with Gasteiger partial charge in [0, 0.05) is 23.7 Å². The third-order valence-corrected chi connectivity index (χ3v) is 4.09. The third kappa shape index (κ3) is 5.85. The summed E-state index contributed by atoms with van der Waals surface area (Å²) in [6.45, 7) is 0.149. The summed E-state index contributed by atoms with van der Waals surface area (Å²) in [5, 5.41) is 7.31. The third-order valence-electron chi connectivity index (χ3n) is 4.09. The van der Waals surface area contributed by atoms with Crippen molar-refractivity contribution in [1.29, 1.82) is 0 Å². The van der Waals surface area contributed by atoms with Crippen LogP contribution in [0.1, 0.15) is 12.8 Å². The van der Waals surface area contributed by atoms with Gasteiger partial charge in [-0.25, -0.2) is 0 Å². The van der Waals surface area contributed by atoms with Crippen molar-refractivity contribution in [3.63, 3.8) is 0 Å². The highest BCUT2D eigenvalue weighted by Gasteiger charge is 2.20. The molecule has 28 heavy (non-hydrogen) atoms. The molecule has 1 unspecified atom stereocenters. The summed E-state index contributed by atoms with van der Waals surface area (Å²) in [7, 11) is 1.57. The van der Waals surface area contributed by atoms with Gasteiger partial charge in [-0.2, -0.15) is 0 Å². The second kappa shape index (κ2) is 10.1. The molecule has 0 saturated heterocycles. The average Bonchev–Trinajstić information content (AvgIpc) is 2.69. The zero-order valence-electron chi connectivity index (χ0n) is 15.8. The van der Waals surface area contributed by atoms with E-state index in [2.05, 4.69) is 15.6 Å². The van der Waals surface area contributed by atoms with Crippen molar-refractivity contribution < 1.29 is 14.3 Å². The Kier molecular flexibility index (Phi) is 7.58. The van der Waals surface area contributed by atoms with Gasteiger partial charge in [-0.3, -0.25) is 14.6 Å². The molecule has 2 rings (SSSR count). The molecule has 0 aromatic heterocycles. The molecule has 0 radical (unpaired) electrons. The van der Waals surface area contributed by atoms with E-state index in [9.17, 15) is 9.59 Å². The summed E-state index contributed by atoms with van der Waals surface area (Å²) in [5.41, 5.74) is 16.5. The SMILES string of the molecule is COc1cc(NC(=O)C(CCCN=C(N)N)NC(=O)CN)cc2ccccc12. The smallest absolute Gasteiger partial charge is 0.246 e. The maximum atomic E-state index is 12.7. The number of benzene rings is 2. The second-order valence-electron chi connectivity index (χ2n) is 6.16. The summed E-state index contributed by atoms with van der Waals surface area (Å²) in [4.78, 5) is 28.3. The van der Waals surface area contributed by atoms with Gasteiger partial charge in [-0.1, -0.05) is 24.3 Å². The van der Waals surface area contributed by atoms with Crippen LogP contribution in [0.4, 0.5) is 5.69 Å². The number of fused-ring (bicyclic) bond motifs is 1. The fourth-order valence-corrected chi connectivity index (χ4v) is 2.77. The fraction of sp³-hybridized carbons (Fsp3) is 0.316. The molecule has 0 aliphatic heterocycles. The Morgan fingerprint density at radius 3 is 2.64 bits per heavy atom. The van der Waals surface area contributed by atoms with Crippen molar-refractivity contribution in [3.8, 4) is 5.75 Å². The molecule has 8 N–H and O–H groups in total. The average molecular weight is 386 g/mol. The second-order valence-corrected chi connectivity index (χ2v) is 6.16. The normalized spacial score (nSPS) is 11.5. The van der Waals surface area contributed by atoms with Crippen LogP contribution in [0.5, 0.6) is 5.75 Å². The van der Waals surface area contributed by atoms with Crippen molar-refractivity contribution in [1.82, 2.24) is 5.32 Å². The number of nitrogens with two attached hydrogens (primary N) is 3. The van der Waals surface area contributed by atoms with Gasteiger partial charge >= 0.3 is 0 Å². The monoisotopic (exact) mass is 386 g/mol. The van der Waals surface area contributed by atoms with Gasteiger partial charge in [0.05, 0.1) is 13.7 Å². The number of amides is 2. The summed E-state index contributed by atoms with van der Waals surface area (Å²) in [6.07, 6.45) is 0.876. The first kappa shape index (κ1) is 21.0. The first-order chi connectivity index (χ1) is 13.4. The van der Waals surface area contributed by atoms with Crippen LogP contribution in [0.3, 0.4) is 0 Å². The standard InChI is InChI=1S/C19H26N6O3/c1-28-16-10-13(9-12-5-2-3-6-14(12)16)24-18(27)15(25-17(26)11-20)7-4-8-23-19(21)22/h2-3,5-6,9-10,15H,4,7-8,11,20H2,1H3,(H,24,27)(H,25,26)(H4,21,22,23). The number of carbonyl (C=O) groups excluding carboxylic acids is 2. The van der Waals surface area contributed by atoms with Gasteiger partial charge in [-0.15, -0.1) is 0 Å². The molecular formula is C19H26N6O3. The van der Waals surface area contributed by atoms with Gasteiger partial charge in [0.25, 0.3) is 0 Å². The molecule has 0 fully saturated rings. The minimum Gasteiger partial charge on any atom is -0.496 e. The van der Waals surface area contributed by atoms with Gasteiger partial charge in [-0.05, 0) is 24.3 Å². The Morgan fingerprint density at radius 1 is 1.21 bits per heavy atom. The summed E-state index contributed by atoms with van der Waals surface area (Å²) < 4.78 is 5.42. The number of anilines is 1. The van der Waals surface area contributed by atoms with E-state index >= 15 is 0 Å². The van der Waals surface area contributed by atoms with Crippen molar-refractivity contribution in [3.05, 3.63) is 36.4 Å². The van der Waals surface area contributed by atoms with E-state index in [4.69, 9.17) is 21.9 Å². The fourth-order valence-electron chi connectivity index (χ4n) is 2.77. The molecule has 0 heterocycles. The van der Waals surface area contributed by atoms with E-state index in [1.54, 1.807) is 13.2 Å². The Bertz CT molecular complexity index is 864. The molecule has 9 nitrogen and oxygen atoms in total. The zero-order chi connectivity index (χ0) is 20.5. The first-order valence-corrected chi connectivity index (χ1v) is 8.87. The molecule has 0 saturated carbocycles. The van der Waals surface area contributed by atoms with E-state index in [-0.39, 0.29) is 18.4 Å². The Morgan fingerprint density at radius 2 is 1.96 bits per heavy atom. The lowest BCUT2D eigenvalue weighted by Gasteiger charge is -2.18. The lowest BCUT2D eigenvalue weighted by atomic mass is 10.1. The first-order valence-electron chi connectivity index (χ1n) is 8.87. The number of methoxy groups -OCH3 is 1. The summed E-state index contributed by atoms with van der Waals surface area (Å²) >= 11 is 0. The van der Waals surface area contributed by atoms with Gasteiger partial charge in [0.15, 0.2) is 5.96 Å². The Hall–Kier alpha value is -3.33. The summed E-state index contributed by atoms with van der Waals surface area (Å²) in [6, 6.07) is 10.5. The predicted octanol–water partition coefficient (Wildman–Crippen LogP) is 0.284. The van der Waals surface area contributed by atoms with E-state index in [1.165, 1.54) is 0 Å². The van der Waals surface area contributed by atoms with Crippen LogP contribution in [0, 0.1) is 0 Å². The number of carbonyl (C=O) groups is 2. The van der Waals surface area contributed by atoms with Gasteiger partial charge < -0.3 is 32.6 Å². The number of hydrogen-bond donors (Lipinski definition) is 5. The molecule has 0 spiro atoms. The van der Waals surface area contributed by atoms with E-state index in [1.807, 2.05) is 30.3 Å². The molecule has 0 aliphatic carbocycles. The van der Waals surface area contributed by atoms with Crippen molar-refractivity contribution in [2.45, 2.75) is 18.9 Å². The number of nitrogens with zero attached hydrogens (tertiary/aromatic N) is 1. The molecule has 0 aliphatic rings. The van der Waals surface area contributed by atoms with Crippen LogP contribution in [0.25, 0.3) is 10.8 Å². The summed E-state index contributed by atoms with van der Waals surface area (Å²) in [5.74, 6) is -0.152. The minimum absolute atomic E-state index is 0.0183. The number of hydrogen-bond acceptors (Lipinski definition) is 5. The molecule has 0 bridgehead atoms. The van der Waals surface area contributed by atoms with Crippen molar-refractivity contribution >= 4 is 34.2 Å².